The summed E-state index contributed by atoms with van der Waals surface area (Å²) in [6.45, 7) is 0.531. The summed E-state index contributed by atoms with van der Waals surface area (Å²) in [6.07, 6.45) is 0.593. The maximum absolute atomic E-state index is 12.5. The highest BCUT2D eigenvalue weighted by Crippen LogP contribution is 2.29. The van der Waals surface area contributed by atoms with Crippen LogP contribution in [0.5, 0.6) is 11.5 Å². The van der Waals surface area contributed by atoms with Gasteiger partial charge in [-0.1, -0.05) is 29.8 Å². The van der Waals surface area contributed by atoms with E-state index < -0.39 is 0 Å². The Morgan fingerprint density at radius 2 is 1.85 bits per heavy atom. The minimum atomic E-state index is -0.160. The highest BCUT2D eigenvalue weighted by atomic mass is 35.5. The van der Waals surface area contributed by atoms with E-state index in [2.05, 4.69) is 25.9 Å². The molecule has 2 aromatic carbocycles. The lowest BCUT2D eigenvalue weighted by Crippen LogP contribution is -2.14. The topological polar surface area (TPSA) is 103 Å². The van der Waals surface area contributed by atoms with Gasteiger partial charge in [-0.15, -0.1) is 15.3 Å². The first-order chi connectivity index (χ1) is 16.1. The van der Waals surface area contributed by atoms with Gasteiger partial charge < -0.3 is 20.1 Å². The number of aromatic nitrogens is 4. The Morgan fingerprint density at radius 3 is 2.64 bits per heavy atom. The van der Waals surface area contributed by atoms with E-state index in [-0.39, 0.29) is 12.3 Å². The number of methoxy groups -OCH3 is 2. The lowest BCUT2D eigenvalue weighted by molar-refractivity contribution is -0.116. The van der Waals surface area contributed by atoms with Crippen LogP contribution in [-0.2, 0) is 17.8 Å². The summed E-state index contributed by atoms with van der Waals surface area (Å²) < 4.78 is 12.1. The fourth-order valence-electron chi connectivity index (χ4n) is 3.27. The summed E-state index contributed by atoms with van der Waals surface area (Å²) in [5, 5.41) is 19.7. The maximum atomic E-state index is 12.5. The van der Waals surface area contributed by atoms with Crippen LogP contribution in [0.3, 0.4) is 0 Å². The van der Waals surface area contributed by atoms with E-state index in [9.17, 15) is 4.79 Å². The number of nitrogens with one attached hydrogen (secondary N) is 2. The zero-order valence-electron chi connectivity index (χ0n) is 18.2. The summed E-state index contributed by atoms with van der Waals surface area (Å²) in [5.41, 5.74) is 2.19. The number of benzene rings is 2. The van der Waals surface area contributed by atoms with Gasteiger partial charge in [0.2, 0.25) is 5.91 Å². The van der Waals surface area contributed by atoms with Crippen LogP contribution in [0.2, 0.25) is 5.02 Å². The van der Waals surface area contributed by atoms with E-state index in [0.717, 1.165) is 5.56 Å². The zero-order chi connectivity index (χ0) is 23.2. The van der Waals surface area contributed by atoms with Crippen LogP contribution in [0.4, 0.5) is 11.5 Å². The molecule has 2 N–H and O–H groups in total. The monoisotopic (exact) mass is 466 g/mol. The molecule has 33 heavy (non-hydrogen) atoms. The Labute approximate surface area is 195 Å². The number of carbonyl (C=O) groups excluding carboxylic acids is 1. The van der Waals surface area contributed by atoms with Crippen molar-refractivity contribution in [2.24, 2.45) is 0 Å². The van der Waals surface area contributed by atoms with Crippen LogP contribution < -0.4 is 20.1 Å². The van der Waals surface area contributed by atoms with Crippen LogP contribution >= 0.6 is 11.6 Å². The van der Waals surface area contributed by atoms with E-state index >= 15 is 0 Å². The number of nitrogens with zero attached hydrogens (tertiary/aromatic N) is 4. The normalized spacial score (nSPS) is 10.8. The van der Waals surface area contributed by atoms with Gasteiger partial charge in [0.15, 0.2) is 23.0 Å². The third-order valence-corrected chi connectivity index (χ3v) is 5.36. The zero-order valence-corrected chi connectivity index (χ0v) is 19.0. The molecule has 4 rings (SSSR count). The van der Waals surface area contributed by atoms with Crippen molar-refractivity contribution in [2.75, 3.05) is 24.9 Å². The van der Waals surface area contributed by atoms with E-state index in [4.69, 9.17) is 21.1 Å². The quantitative estimate of drug-likeness (QED) is 0.384. The van der Waals surface area contributed by atoms with E-state index in [1.165, 1.54) is 0 Å². The first-order valence-electron chi connectivity index (χ1n) is 10.3. The van der Waals surface area contributed by atoms with Gasteiger partial charge >= 0.3 is 0 Å². The number of anilines is 2. The molecule has 1 amide bonds. The molecule has 2 aromatic heterocycles. The molecule has 0 fully saturated rings. The molecular weight excluding hydrogens is 444 g/mol. The minimum Gasteiger partial charge on any atom is -0.493 e. The molecule has 0 aliphatic rings. The van der Waals surface area contributed by atoms with E-state index in [1.807, 2.05) is 36.4 Å². The summed E-state index contributed by atoms with van der Waals surface area (Å²) in [5.74, 6) is 2.22. The second-order valence-electron chi connectivity index (χ2n) is 7.17. The van der Waals surface area contributed by atoms with Crippen molar-refractivity contribution < 1.29 is 14.3 Å². The van der Waals surface area contributed by atoms with Gasteiger partial charge in [-0.25, -0.2) is 0 Å². The Morgan fingerprint density at radius 1 is 1.03 bits per heavy atom. The molecule has 0 unspecified atom stereocenters. The molecule has 170 valence electrons. The SMILES string of the molecule is COc1ccc(NC(=O)CCc2nnc3ccc(NCc4ccccc4Cl)nn23)cc1OC. The fourth-order valence-corrected chi connectivity index (χ4v) is 3.48. The number of carbonyl (C=O) groups is 1. The molecule has 0 spiro atoms. The smallest absolute Gasteiger partial charge is 0.224 e. The number of rotatable bonds is 9. The van der Waals surface area contributed by atoms with Crippen molar-refractivity contribution in [3.8, 4) is 11.5 Å². The Hall–Kier alpha value is -3.85. The van der Waals surface area contributed by atoms with Crippen LogP contribution in [-0.4, -0.2) is 39.9 Å². The molecular formula is C23H23ClN6O3. The van der Waals surface area contributed by atoms with Crippen LogP contribution in [0.15, 0.2) is 54.6 Å². The Kier molecular flexibility index (Phi) is 6.89. The Balaban J connectivity index is 1.40. The number of hydrogen-bond donors (Lipinski definition) is 2. The van der Waals surface area contributed by atoms with Gasteiger partial charge in [0.05, 0.1) is 14.2 Å². The molecule has 0 saturated heterocycles. The standard InChI is InChI=1S/C23H23ClN6O3/c1-32-18-8-7-16(13-19(18)33-2)26-23(31)12-11-22-28-27-21-10-9-20(29-30(21)22)25-14-15-5-3-4-6-17(15)24/h3-10,13H,11-12,14H2,1-2H3,(H,25,29)(H,26,31). The molecule has 0 atom stereocenters. The van der Waals surface area contributed by atoms with Crippen molar-refractivity contribution in [1.82, 2.24) is 19.8 Å². The van der Waals surface area contributed by atoms with Gasteiger partial charge in [0.25, 0.3) is 0 Å². The summed E-state index contributed by atoms with van der Waals surface area (Å²) >= 11 is 6.22. The number of fused-ring (bicyclic) bond motifs is 1. The van der Waals surface area contributed by atoms with Crippen molar-refractivity contribution in [1.29, 1.82) is 0 Å². The third kappa shape index (κ3) is 5.32. The molecule has 2 heterocycles. The third-order valence-electron chi connectivity index (χ3n) is 4.99. The maximum Gasteiger partial charge on any atom is 0.224 e. The number of hydrogen-bond acceptors (Lipinski definition) is 7. The average Bonchev–Trinajstić information content (AvgIpc) is 3.24. The number of aryl methyl sites for hydroxylation is 1. The van der Waals surface area contributed by atoms with Gasteiger partial charge in [-0.2, -0.15) is 4.52 Å². The first kappa shape index (κ1) is 22.3. The first-order valence-corrected chi connectivity index (χ1v) is 10.7. The van der Waals surface area contributed by atoms with Gasteiger partial charge in [0.1, 0.15) is 5.82 Å². The molecule has 10 heteroatoms. The van der Waals surface area contributed by atoms with Gasteiger partial charge in [-0.3, -0.25) is 4.79 Å². The summed E-state index contributed by atoms with van der Waals surface area (Å²) in [7, 11) is 3.11. The molecule has 0 bridgehead atoms. The van der Waals surface area contributed by atoms with E-state index in [1.54, 1.807) is 36.9 Å². The van der Waals surface area contributed by atoms with Gasteiger partial charge in [0, 0.05) is 36.2 Å². The fraction of sp³-hybridized carbons (Fsp3) is 0.217. The minimum absolute atomic E-state index is 0.160. The molecule has 0 saturated carbocycles. The second-order valence-corrected chi connectivity index (χ2v) is 7.57. The lowest BCUT2D eigenvalue weighted by atomic mass is 10.2. The summed E-state index contributed by atoms with van der Waals surface area (Å²) in [6, 6.07) is 16.5. The van der Waals surface area contributed by atoms with Crippen molar-refractivity contribution >= 4 is 34.7 Å². The highest BCUT2D eigenvalue weighted by Gasteiger charge is 2.12. The van der Waals surface area contributed by atoms with Gasteiger partial charge in [-0.05, 0) is 35.9 Å². The van der Waals surface area contributed by atoms with Crippen LogP contribution in [0, 0.1) is 0 Å². The second kappa shape index (κ2) is 10.2. The summed E-state index contributed by atoms with van der Waals surface area (Å²) in [4.78, 5) is 12.5. The molecule has 0 aliphatic heterocycles. The molecule has 0 radical (unpaired) electrons. The number of ether oxygens (including phenoxy) is 2. The molecule has 0 aliphatic carbocycles. The Bertz CT molecular complexity index is 1280. The molecule has 9 nitrogen and oxygen atoms in total. The van der Waals surface area contributed by atoms with Crippen molar-refractivity contribution in [2.45, 2.75) is 19.4 Å². The average molecular weight is 467 g/mol. The highest BCUT2D eigenvalue weighted by molar-refractivity contribution is 6.31. The van der Waals surface area contributed by atoms with Crippen molar-refractivity contribution in [3.63, 3.8) is 0 Å². The number of halogens is 1. The molecule has 4 aromatic rings. The predicted octanol–water partition coefficient (Wildman–Crippen LogP) is 3.98. The largest absolute Gasteiger partial charge is 0.493 e. The van der Waals surface area contributed by atoms with E-state index in [0.29, 0.717) is 52.5 Å². The van der Waals surface area contributed by atoms with Crippen molar-refractivity contribution in [3.05, 3.63) is 71.0 Å². The van der Waals surface area contributed by atoms with Crippen LogP contribution in [0.1, 0.15) is 17.8 Å². The predicted molar refractivity (Wildman–Crippen MR) is 126 cm³/mol. The number of amides is 1. The lowest BCUT2D eigenvalue weighted by Gasteiger charge is -2.10. The van der Waals surface area contributed by atoms with Crippen LogP contribution in [0.25, 0.3) is 5.65 Å².